The number of nitrogens with zero attached hydrogens (tertiary/aromatic N) is 3. The van der Waals surface area contributed by atoms with Crippen molar-refractivity contribution in [3.8, 4) is 0 Å². The van der Waals surface area contributed by atoms with Crippen molar-refractivity contribution in [1.29, 1.82) is 0 Å². The monoisotopic (exact) mass is 349 g/mol. The zero-order chi connectivity index (χ0) is 16.7. The fourth-order valence-corrected chi connectivity index (χ4v) is 6.92. The molecule has 0 N–H and O–H groups in total. The number of Topliss-reactive ketones (excluding diaryl/α,β-unsaturated/α-hetero) is 1. The highest BCUT2D eigenvalue weighted by molar-refractivity contribution is 7.92. The number of carbonyl (C=O) groups is 1. The van der Waals surface area contributed by atoms with Crippen molar-refractivity contribution >= 4 is 21.6 Å². The Morgan fingerprint density at radius 1 is 1.00 bits per heavy atom. The van der Waals surface area contributed by atoms with E-state index in [2.05, 4.69) is 14.9 Å². The maximum absolute atomic E-state index is 12.8. The van der Waals surface area contributed by atoms with Crippen LogP contribution in [0, 0.1) is 5.92 Å². The Morgan fingerprint density at radius 3 is 2.17 bits per heavy atom. The van der Waals surface area contributed by atoms with Crippen LogP contribution in [0.25, 0.3) is 0 Å². The van der Waals surface area contributed by atoms with Crippen LogP contribution in [0.1, 0.15) is 55.3 Å². The van der Waals surface area contributed by atoms with Crippen LogP contribution in [0.5, 0.6) is 0 Å². The van der Waals surface area contributed by atoms with Crippen LogP contribution < -0.4 is 4.90 Å². The van der Waals surface area contributed by atoms with Crippen LogP contribution in [-0.2, 0) is 9.84 Å². The fraction of sp³-hybridized carbons (Fsp3) is 0.706. The number of hydrogen-bond acceptors (Lipinski definition) is 6. The highest BCUT2D eigenvalue weighted by atomic mass is 32.2. The molecule has 2 unspecified atom stereocenters. The van der Waals surface area contributed by atoms with Gasteiger partial charge >= 0.3 is 0 Å². The van der Waals surface area contributed by atoms with E-state index in [0.29, 0.717) is 37.2 Å². The lowest BCUT2D eigenvalue weighted by molar-refractivity contribution is 0.0893. The molecule has 3 aliphatic heterocycles. The van der Waals surface area contributed by atoms with E-state index in [1.165, 1.54) is 0 Å². The Kier molecular flexibility index (Phi) is 4.06. The summed E-state index contributed by atoms with van der Waals surface area (Å²) in [6, 6.07) is 0. The Bertz CT molecular complexity index is 706. The number of ketones is 1. The number of aromatic nitrogens is 2. The molecule has 24 heavy (non-hydrogen) atoms. The molecular formula is C17H23N3O3S. The second-order valence-corrected chi connectivity index (χ2v) is 9.77. The van der Waals surface area contributed by atoms with Crippen molar-refractivity contribution < 1.29 is 13.2 Å². The first kappa shape index (κ1) is 16.0. The molecule has 0 aromatic carbocycles. The fourth-order valence-electron chi connectivity index (χ4n) is 4.39. The van der Waals surface area contributed by atoms with E-state index in [-0.39, 0.29) is 22.2 Å². The predicted molar refractivity (Wildman–Crippen MR) is 90.9 cm³/mol. The minimum atomic E-state index is -3.02. The van der Waals surface area contributed by atoms with Gasteiger partial charge in [0.25, 0.3) is 0 Å². The van der Waals surface area contributed by atoms with Crippen LogP contribution >= 0.6 is 0 Å². The zero-order valence-electron chi connectivity index (χ0n) is 13.7. The van der Waals surface area contributed by atoms with Crippen molar-refractivity contribution in [2.75, 3.05) is 18.0 Å². The molecule has 2 atom stereocenters. The van der Waals surface area contributed by atoms with Crippen LogP contribution in [0.15, 0.2) is 12.4 Å². The van der Waals surface area contributed by atoms with Gasteiger partial charge in [-0.05, 0) is 38.5 Å². The van der Waals surface area contributed by atoms with E-state index in [9.17, 15) is 13.2 Å². The Labute approximate surface area is 142 Å². The standard InChI is InChI=1S/C17H23N3O3S/c21-16(12-8-14-4-3-5-15(9-12)24(14,22)23)13-10-18-17(19-11-13)20-6-1-2-7-20/h10-12,14-15H,1-9H2. The van der Waals surface area contributed by atoms with Gasteiger partial charge in [-0.3, -0.25) is 4.79 Å². The van der Waals surface area contributed by atoms with E-state index in [4.69, 9.17) is 0 Å². The lowest BCUT2D eigenvalue weighted by Gasteiger charge is -2.38. The van der Waals surface area contributed by atoms with Crippen molar-refractivity contribution in [2.45, 2.75) is 55.4 Å². The van der Waals surface area contributed by atoms with Gasteiger partial charge in [-0.25, -0.2) is 18.4 Å². The molecule has 0 radical (unpaired) electrons. The van der Waals surface area contributed by atoms with Gasteiger partial charge in [0.2, 0.25) is 5.95 Å². The van der Waals surface area contributed by atoms with Gasteiger partial charge in [-0.15, -0.1) is 0 Å². The van der Waals surface area contributed by atoms with Crippen LogP contribution in [-0.4, -0.2) is 47.8 Å². The number of sulfone groups is 1. The summed E-state index contributed by atoms with van der Waals surface area (Å²) in [6.07, 6.45) is 8.83. The molecule has 3 aliphatic rings. The second-order valence-electron chi connectivity index (χ2n) is 7.26. The first-order valence-electron chi connectivity index (χ1n) is 8.89. The van der Waals surface area contributed by atoms with E-state index in [1.807, 2.05) is 0 Å². The first-order valence-corrected chi connectivity index (χ1v) is 10.5. The number of hydrogen-bond donors (Lipinski definition) is 0. The van der Waals surface area contributed by atoms with Crippen molar-refractivity contribution in [1.82, 2.24) is 9.97 Å². The summed E-state index contributed by atoms with van der Waals surface area (Å²) in [4.78, 5) is 23.6. The average Bonchev–Trinajstić information content (AvgIpc) is 3.08. The van der Waals surface area contributed by atoms with Crippen molar-refractivity contribution in [2.24, 2.45) is 5.92 Å². The average molecular weight is 349 g/mol. The lowest BCUT2D eigenvalue weighted by Crippen LogP contribution is -2.45. The molecule has 7 heteroatoms. The molecule has 3 fully saturated rings. The second kappa shape index (κ2) is 6.10. The third-order valence-corrected chi connectivity index (χ3v) is 8.47. The number of carbonyl (C=O) groups excluding carboxylic acids is 1. The lowest BCUT2D eigenvalue weighted by atomic mass is 9.85. The molecule has 1 aromatic heterocycles. The van der Waals surface area contributed by atoms with Gasteiger partial charge in [0.15, 0.2) is 15.6 Å². The molecule has 1 aromatic rings. The molecule has 130 valence electrons. The SMILES string of the molecule is O=C(c1cnc(N2CCCC2)nc1)C1CC2CCCC(C1)S2(=O)=O. The Balaban J connectivity index is 1.50. The third-order valence-electron chi connectivity index (χ3n) is 5.76. The Hall–Kier alpha value is -1.50. The van der Waals surface area contributed by atoms with Crippen LogP contribution in [0.4, 0.5) is 5.95 Å². The molecule has 0 saturated carbocycles. The van der Waals surface area contributed by atoms with E-state index >= 15 is 0 Å². The van der Waals surface area contributed by atoms with Crippen LogP contribution in [0.2, 0.25) is 0 Å². The summed E-state index contributed by atoms with van der Waals surface area (Å²) in [5.74, 6) is 0.493. The van der Waals surface area contributed by atoms with Gasteiger partial charge in [-0.2, -0.15) is 0 Å². The number of fused-ring (bicyclic) bond motifs is 2. The highest BCUT2D eigenvalue weighted by Gasteiger charge is 2.46. The van der Waals surface area contributed by atoms with Gasteiger partial charge < -0.3 is 4.90 Å². The smallest absolute Gasteiger partial charge is 0.225 e. The predicted octanol–water partition coefficient (Wildman–Crippen LogP) is 2.01. The van der Waals surface area contributed by atoms with E-state index < -0.39 is 9.84 Å². The zero-order valence-corrected chi connectivity index (χ0v) is 14.5. The van der Waals surface area contributed by atoms with Crippen molar-refractivity contribution in [3.05, 3.63) is 18.0 Å². The van der Waals surface area contributed by atoms with Gasteiger partial charge in [0, 0.05) is 31.4 Å². The van der Waals surface area contributed by atoms with Gasteiger partial charge in [0.05, 0.1) is 16.1 Å². The maximum atomic E-state index is 12.8. The minimum absolute atomic E-state index is 0.00905. The largest absolute Gasteiger partial charge is 0.341 e. The van der Waals surface area contributed by atoms with E-state index in [0.717, 1.165) is 32.4 Å². The minimum Gasteiger partial charge on any atom is -0.341 e. The molecule has 0 aliphatic carbocycles. The molecule has 4 heterocycles. The molecule has 6 nitrogen and oxygen atoms in total. The highest BCUT2D eigenvalue weighted by Crippen LogP contribution is 2.40. The summed E-state index contributed by atoms with van der Waals surface area (Å²) >= 11 is 0. The summed E-state index contributed by atoms with van der Waals surface area (Å²) in [5.41, 5.74) is 0.514. The van der Waals surface area contributed by atoms with Crippen molar-refractivity contribution in [3.63, 3.8) is 0 Å². The normalized spacial score (nSPS) is 31.8. The topological polar surface area (TPSA) is 80.2 Å². The molecule has 2 bridgehead atoms. The summed E-state index contributed by atoms with van der Waals surface area (Å²) < 4.78 is 24.7. The van der Waals surface area contributed by atoms with E-state index in [1.54, 1.807) is 12.4 Å². The molecule has 0 amide bonds. The third kappa shape index (κ3) is 2.72. The Morgan fingerprint density at radius 2 is 1.58 bits per heavy atom. The quantitative estimate of drug-likeness (QED) is 0.777. The molecule has 4 rings (SSSR count). The summed E-state index contributed by atoms with van der Waals surface area (Å²) in [5, 5.41) is -0.660. The van der Waals surface area contributed by atoms with Gasteiger partial charge in [-0.1, -0.05) is 6.42 Å². The molecular weight excluding hydrogens is 326 g/mol. The molecule has 0 spiro atoms. The first-order chi connectivity index (χ1) is 11.6. The summed E-state index contributed by atoms with van der Waals surface area (Å²) in [7, 11) is -3.02. The number of rotatable bonds is 3. The van der Waals surface area contributed by atoms with Gasteiger partial charge in [0.1, 0.15) is 0 Å². The maximum Gasteiger partial charge on any atom is 0.225 e. The van der Waals surface area contributed by atoms with Crippen LogP contribution in [0.3, 0.4) is 0 Å². The molecule has 3 saturated heterocycles. The summed E-state index contributed by atoms with van der Waals surface area (Å²) in [6.45, 7) is 1.94. The number of anilines is 1.